The zero-order valence-corrected chi connectivity index (χ0v) is 17.6. The fraction of sp³-hybridized carbons (Fsp3) is 0.0909. The smallest absolute Gasteiger partial charge is 0.0640 e. The predicted molar refractivity (Wildman–Crippen MR) is 121 cm³/mol. The van der Waals surface area contributed by atoms with E-state index >= 15 is 0 Å². The standard InChI is InChI=1S/C22H22INS/c1-6-11-21-19(5)25-22-14-8-7-13-20(22)18(4)17(3)16(2)12-9-10-15-24(21)23/h6-15H,2-4H2,1,5H3/b11-6-,12-9-,15-10-,21-19-. The molecule has 0 aromatic heterocycles. The Bertz CT molecular complexity index is 824. The molecule has 1 aliphatic heterocycles. The molecule has 0 unspecified atom stereocenters. The van der Waals surface area contributed by atoms with E-state index < -0.39 is 0 Å². The number of fused-ring (bicyclic) bond motifs is 1. The van der Waals surface area contributed by atoms with E-state index in [1.165, 1.54) is 4.91 Å². The van der Waals surface area contributed by atoms with Gasteiger partial charge in [-0.15, -0.1) is 0 Å². The lowest BCUT2D eigenvalue weighted by Gasteiger charge is -2.18. The summed E-state index contributed by atoms with van der Waals surface area (Å²) >= 11 is 4.05. The maximum absolute atomic E-state index is 4.27. The van der Waals surface area contributed by atoms with Crippen molar-refractivity contribution < 1.29 is 0 Å². The van der Waals surface area contributed by atoms with Crippen LogP contribution in [0.15, 0.2) is 107 Å². The van der Waals surface area contributed by atoms with Crippen molar-refractivity contribution >= 4 is 40.2 Å². The van der Waals surface area contributed by atoms with Gasteiger partial charge < -0.3 is 0 Å². The van der Waals surface area contributed by atoms with Crippen LogP contribution in [0.25, 0.3) is 5.57 Å². The Balaban J connectivity index is 2.63. The zero-order valence-electron chi connectivity index (χ0n) is 14.6. The van der Waals surface area contributed by atoms with Crippen molar-refractivity contribution in [3.8, 4) is 0 Å². The summed E-state index contributed by atoms with van der Waals surface area (Å²) in [4.78, 5) is 2.38. The molecule has 25 heavy (non-hydrogen) atoms. The molecule has 0 amide bonds. The Labute approximate surface area is 169 Å². The summed E-state index contributed by atoms with van der Waals surface area (Å²) < 4.78 is 2.09. The number of allylic oxidation sites excluding steroid dienone is 9. The fourth-order valence-electron chi connectivity index (χ4n) is 2.35. The molecule has 1 heterocycles. The van der Waals surface area contributed by atoms with Gasteiger partial charge in [0.1, 0.15) is 0 Å². The Morgan fingerprint density at radius 3 is 2.52 bits per heavy atom. The van der Waals surface area contributed by atoms with Crippen LogP contribution in [0.4, 0.5) is 0 Å². The van der Waals surface area contributed by atoms with E-state index in [9.17, 15) is 0 Å². The lowest BCUT2D eigenvalue weighted by molar-refractivity contribution is 0.851. The topological polar surface area (TPSA) is 3.24 Å². The van der Waals surface area contributed by atoms with Crippen LogP contribution in [0.1, 0.15) is 19.4 Å². The second kappa shape index (κ2) is 9.11. The molecule has 0 saturated carbocycles. The van der Waals surface area contributed by atoms with Crippen LogP contribution in [0.3, 0.4) is 0 Å². The fourth-order valence-corrected chi connectivity index (χ4v) is 4.27. The number of halogens is 1. The summed E-state index contributed by atoms with van der Waals surface area (Å²) in [7, 11) is 0. The normalized spacial score (nSPS) is 22.2. The van der Waals surface area contributed by atoms with Crippen LogP contribution in [0, 0.1) is 0 Å². The third-order valence-electron chi connectivity index (χ3n) is 3.77. The van der Waals surface area contributed by atoms with Crippen LogP contribution in [-0.2, 0) is 0 Å². The average molecular weight is 459 g/mol. The van der Waals surface area contributed by atoms with E-state index in [4.69, 9.17) is 0 Å². The van der Waals surface area contributed by atoms with Gasteiger partial charge in [-0.3, -0.25) is 3.11 Å². The Morgan fingerprint density at radius 1 is 1.08 bits per heavy atom. The molecule has 3 heteroatoms. The molecule has 0 spiro atoms. The quantitative estimate of drug-likeness (QED) is 0.317. The van der Waals surface area contributed by atoms with Crippen molar-refractivity contribution in [1.82, 2.24) is 3.11 Å². The molecule has 0 bridgehead atoms. The molecule has 2 rings (SSSR count). The molecular weight excluding hydrogens is 437 g/mol. The molecule has 128 valence electrons. The van der Waals surface area contributed by atoms with Crippen LogP contribution in [0.5, 0.6) is 0 Å². The monoisotopic (exact) mass is 459 g/mol. The molecule has 1 aromatic rings. The number of hydrogen-bond acceptors (Lipinski definition) is 2. The molecule has 1 nitrogen and oxygen atoms in total. The second-order valence-corrected chi connectivity index (χ2v) is 7.83. The summed E-state index contributed by atoms with van der Waals surface area (Å²) in [5, 5.41) is 0. The van der Waals surface area contributed by atoms with Crippen LogP contribution in [0.2, 0.25) is 0 Å². The van der Waals surface area contributed by atoms with Crippen molar-refractivity contribution in [2.45, 2.75) is 18.7 Å². The molecule has 0 radical (unpaired) electrons. The van der Waals surface area contributed by atoms with Crippen molar-refractivity contribution in [3.63, 3.8) is 0 Å². The van der Waals surface area contributed by atoms with Crippen molar-refractivity contribution in [2.75, 3.05) is 0 Å². The van der Waals surface area contributed by atoms with Crippen molar-refractivity contribution in [1.29, 1.82) is 0 Å². The van der Waals surface area contributed by atoms with E-state index in [1.54, 1.807) is 11.8 Å². The molecular formula is C22H22INS. The largest absolute Gasteiger partial charge is 0.289 e. The first-order valence-electron chi connectivity index (χ1n) is 7.94. The Morgan fingerprint density at radius 2 is 1.80 bits per heavy atom. The van der Waals surface area contributed by atoms with Gasteiger partial charge in [0.2, 0.25) is 0 Å². The minimum atomic E-state index is 0.860. The average Bonchev–Trinajstić information content (AvgIpc) is 2.61. The third-order valence-corrected chi connectivity index (χ3v) is 5.70. The first-order chi connectivity index (χ1) is 12.0. The van der Waals surface area contributed by atoms with Gasteiger partial charge in [-0.25, -0.2) is 0 Å². The molecule has 0 saturated heterocycles. The molecule has 1 aliphatic rings. The minimum Gasteiger partial charge on any atom is -0.289 e. The number of benzene rings is 1. The molecule has 0 atom stereocenters. The lowest BCUT2D eigenvalue weighted by Crippen LogP contribution is -2.02. The number of nitrogens with zero attached hydrogens (tertiary/aromatic N) is 1. The maximum Gasteiger partial charge on any atom is 0.0640 e. The summed E-state index contributed by atoms with van der Waals surface area (Å²) in [6, 6.07) is 8.31. The molecule has 0 fully saturated rings. The number of rotatable bonds is 1. The van der Waals surface area contributed by atoms with Crippen molar-refractivity contribution in [3.05, 3.63) is 108 Å². The number of thioether (sulfide) groups is 1. The highest BCUT2D eigenvalue weighted by atomic mass is 127. The highest BCUT2D eigenvalue weighted by Crippen LogP contribution is 2.38. The second-order valence-electron chi connectivity index (χ2n) is 5.53. The van der Waals surface area contributed by atoms with Gasteiger partial charge >= 0.3 is 0 Å². The van der Waals surface area contributed by atoms with Gasteiger partial charge in [0.15, 0.2) is 0 Å². The van der Waals surface area contributed by atoms with Gasteiger partial charge in [0.25, 0.3) is 0 Å². The summed E-state index contributed by atoms with van der Waals surface area (Å²) in [5.74, 6) is 0. The maximum atomic E-state index is 4.27. The van der Waals surface area contributed by atoms with E-state index in [0.29, 0.717) is 0 Å². The van der Waals surface area contributed by atoms with Gasteiger partial charge in [-0.2, -0.15) is 0 Å². The SMILES string of the molecule is C=C1/C=C\C=C/N(I)C(/C=C\C)=C(/C)Sc2ccccc2C(=C)C1=C. The first-order valence-corrected chi connectivity index (χ1v) is 9.72. The summed E-state index contributed by atoms with van der Waals surface area (Å²) in [5.41, 5.74) is 4.88. The first kappa shape index (κ1) is 19.6. The predicted octanol–water partition coefficient (Wildman–Crippen LogP) is 7.45. The zero-order chi connectivity index (χ0) is 18.4. The Hall–Kier alpha value is -1.72. The lowest BCUT2D eigenvalue weighted by atomic mass is 9.95. The number of hydrogen-bond donors (Lipinski definition) is 0. The molecule has 0 aliphatic carbocycles. The van der Waals surface area contributed by atoms with E-state index in [2.05, 4.69) is 83.0 Å². The molecule has 1 aromatic carbocycles. The third kappa shape index (κ3) is 4.89. The van der Waals surface area contributed by atoms with Gasteiger partial charge in [0, 0.05) is 16.0 Å². The van der Waals surface area contributed by atoms with E-state index in [1.807, 2.05) is 37.4 Å². The van der Waals surface area contributed by atoms with Crippen LogP contribution < -0.4 is 0 Å². The molecule has 0 N–H and O–H groups in total. The Kier molecular flexibility index (Phi) is 7.14. The van der Waals surface area contributed by atoms with Crippen molar-refractivity contribution in [2.24, 2.45) is 0 Å². The minimum absolute atomic E-state index is 0.860. The highest BCUT2D eigenvalue weighted by Gasteiger charge is 2.13. The van der Waals surface area contributed by atoms with E-state index in [0.717, 1.165) is 32.9 Å². The van der Waals surface area contributed by atoms with Gasteiger partial charge in [-0.1, -0.05) is 67.9 Å². The highest BCUT2D eigenvalue weighted by molar-refractivity contribution is 14.1. The van der Waals surface area contributed by atoms with Crippen LogP contribution in [-0.4, -0.2) is 3.11 Å². The van der Waals surface area contributed by atoms with Gasteiger partial charge in [-0.05, 0) is 54.3 Å². The van der Waals surface area contributed by atoms with Gasteiger partial charge in [0.05, 0.1) is 28.6 Å². The summed E-state index contributed by atoms with van der Waals surface area (Å²) in [6.07, 6.45) is 12.2. The summed E-state index contributed by atoms with van der Waals surface area (Å²) in [6.45, 7) is 16.7. The van der Waals surface area contributed by atoms with E-state index in [-0.39, 0.29) is 0 Å². The van der Waals surface area contributed by atoms with Crippen LogP contribution >= 0.6 is 34.6 Å².